The summed E-state index contributed by atoms with van der Waals surface area (Å²) in [6.07, 6.45) is 4.14. The van der Waals surface area contributed by atoms with Gasteiger partial charge in [-0.15, -0.1) is 5.10 Å². The largest absolute Gasteiger partial charge is 0.495 e. The standard InChI is InChI=1S/C20H22N6O4S/c1-30-19-9-8-17(31(28,29)25-10-3-2-4-11-25)13-18(19)22-20(27)15-6-5-7-16(12-15)26-14-21-23-24-26/h5-9,12-14H,2-4,10-11H2,1H3,(H,22,27). The molecule has 1 saturated heterocycles. The minimum atomic E-state index is -3.65. The smallest absolute Gasteiger partial charge is 0.255 e. The Balaban J connectivity index is 1.61. The average Bonchev–Trinajstić information content (AvgIpc) is 3.35. The lowest BCUT2D eigenvalue weighted by atomic mass is 10.2. The molecule has 4 rings (SSSR count). The lowest BCUT2D eigenvalue weighted by Gasteiger charge is -2.26. The number of carbonyl (C=O) groups is 1. The van der Waals surface area contributed by atoms with E-state index >= 15 is 0 Å². The first kappa shape index (κ1) is 20.9. The normalized spacial score (nSPS) is 14.9. The predicted molar refractivity (Wildman–Crippen MR) is 113 cm³/mol. The molecule has 162 valence electrons. The highest BCUT2D eigenvalue weighted by Gasteiger charge is 2.27. The summed E-state index contributed by atoms with van der Waals surface area (Å²) >= 11 is 0. The number of nitrogens with zero attached hydrogens (tertiary/aromatic N) is 5. The third-order valence-corrected chi connectivity index (χ3v) is 6.99. The molecule has 2 heterocycles. The molecule has 10 nitrogen and oxygen atoms in total. The predicted octanol–water partition coefficient (Wildman–Crippen LogP) is 2.10. The number of tetrazole rings is 1. The van der Waals surface area contributed by atoms with Crippen LogP contribution in [0.1, 0.15) is 29.6 Å². The number of carbonyl (C=O) groups excluding carboxylic acids is 1. The monoisotopic (exact) mass is 442 g/mol. The maximum atomic E-state index is 13.0. The van der Waals surface area contributed by atoms with Gasteiger partial charge in [-0.05, 0) is 59.7 Å². The molecule has 0 radical (unpaired) electrons. The number of ether oxygens (including phenoxy) is 1. The zero-order chi connectivity index (χ0) is 21.8. The van der Waals surface area contributed by atoms with Crippen molar-refractivity contribution in [2.45, 2.75) is 24.2 Å². The van der Waals surface area contributed by atoms with E-state index in [1.54, 1.807) is 30.3 Å². The summed E-state index contributed by atoms with van der Waals surface area (Å²) < 4.78 is 34.3. The first-order valence-corrected chi connectivity index (χ1v) is 11.3. The van der Waals surface area contributed by atoms with E-state index < -0.39 is 15.9 Å². The summed E-state index contributed by atoms with van der Waals surface area (Å²) in [6.45, 7) is 1.000. The molecule has 1 fully saturated rings. The fourth-order valence-electron chi connectivity index (χ4n) is 3.46. The second-order valence-corrected chi connectivity index (χ2v) is 9.02. The fraction of sp³-hybridized carbons (Fsp3) is 0.300. The summed E-state index contributed by atoms with van der Waals surface area (Å²) in [4.78, 5) is 13.0. The van der Waals surface area contributed by atoms with Crippen LogP contribution in [0.15, 0.2) is 53.7 Å². The molecule has 2 aromatic carbocycles. The molecule has 0 saturated carbocycles. The molecule has 0 atom stereocenters. The Kier molecular flexibility index (Phi) is 5.96. The summed E-state index contributed by atoms with van der Waals surface area (Å²) in [5.74, 6) is -0.0525. The molecule has 0 bridgehead atoms. The lowest BCUT2D eigenvalue weighted by molar-refractivity contribution is 0.102. The van der Waals surface area contributed by atoms with Crippen molar-refractivity contribution >= 4 is 21.6 Å². The van der Waals surface area contributed by atoms with Crippen LogP contribution in [-0.4, -0.2) is 59.0 Å². The summed E-state index contributed by atoms with van der Waals surface area (Å²) in [5.41, 5.74) is 1.25. The van der Waals surface area contributed by atoms with Gasteiger partial charge in [-0.25, -0.2) is 13.1 Å². The van der Waals surface area contributed by atoms with Gasteiger partial charge in [0.2, 0.25) is 10.0 Å². The van der Waals surface area contributed by atoms with Gasteiger partial charge in [-0.3, -0.25) is 4.79 Å². The number of nitrogens with one attached hydrogen (secondary N) is 1. The van der Waals surface area contributed by atoms with Gasteiger partial charge in [-0.2, -0.15) is 4.31 Å². The number of benzene rings is 2. The van der Waals surface area contributed by atoms with Crippen molar-refractivity contribution in [1.82, 2.24) is 24.5 Å². The van der Waals surface area contributed by atoms with Gasteiger partial charge >= 0.3 is 0 Å². The van der Waals surface area contributed by atoms with Crippen LogP contribution >= 0.6 is 0 Å². The molecule has 31 heavy (non-hydrogen) atoms. The Morgan fingerprint density at radius 1 is 1.10 bits per heavy atom. The molecule has 0 unspecified atom stereocenters. The van der Waals surface area contributed by atoms with Crippen molar-refractivity contribution in [3.8, 4) is 11.4 Å². The van der Waals surface area contributed by atoms with Crippen LogP contribution in [0.25, 0.3) is 5.69 Å². The minimum Gasteiger partial charge on any atom is -0.495 e. The van der Waals surface area contributed by atoms with Gasteiger partial charge in [0, 0.05) is 18.7 Å². The average molecular weight is 443 g/mol. The molecular weight excluding hydrogens is 420 g/mol. The Labute approximate surface area is 179 Å². The van der Waals surface area contributed by atoms with E-state index in [2.05, 4.69) is 20.8 Å². The molecule has 0 spiro atoms. The van der Waals surface area contributed by atoms with E-state index in [9.17, 15) is 13.2 Å². The van der Waals surface area contributed by atoms with E-state index in [0.717, 1.165) is 19.3 Å². The van der Waals surface area contributed by atoms with Crippen LogP contribution in [0, 0.1) is 0 Å². The maximum absolute atomic E-state index is 13.0. The quantitative estimate of drug-likeness (QED) is 0.621. The molecule has 3 aromatic rings. The van der Waals surface area contributed by atoms with Gasteiger partial charge in [0.15, 0.2) is 0 Å². The van der Waals surface area contributed by atoms with Crippen LogP contribution in [0.5, 0.6) is 5.75 Å². The van der Waals surface area contributed by atoms with E-state index in [1.807, 2.05) is 0 Å². The van der Waals surface area contributed by atoms with Crippen LogP contribution < -0.4 is 10.1 Å². The highest BCUT2D eigenvalue weighted by Crippen LogP contribution is 2.30. The first-order chi connectivity index (χ1) is 15.0. The van der Waals surface area contributed by atoms with Crippen LogP contribution in [0.3, 0.4) is 0 Å². The minimum absolute atomic E-state index is 0.118. The van der Waals surface area contributed by atoms with Crippen LogP contribution in [0.4, 0.5) is 5.69 Å². The van der Waals surface area contributed by atoms with E-state index in [0.29, 0.717) is 30.1 Å². The second kappa shape index (κ2) is 8.82. The maximum Gasteiger partial charge on any atom is 0.255 e. The molecule has 0 aliphatic carbocycles. The molecule has 1 aliphatic rings. The molecule has 1 N–H and O–H groups in total. The van der Waals surface area contributed by atoms with Crippen molar-refractivity contribution in [1.29, 1.82) is 0 Å². The first-order valence-electron chi connectivity index (χ1n) is 9.82. The zero-order valence-corrected chi connectivity index (χ0v) is 17.7. The Morgan fingerprint density at radius 2 is 1.90 bits per heavy atom. The van der Waals surface area contributed by atoms with Gasteiger partial charge in [-0.1, -0.05) is 12.5 Å². The molecule has 11 heteroatoms. The molecular formula is C20H22N6O4S. The Bertz CT molecular complexity index is 1170. The van der Waals surface area contributed by atoms with E-state index in [-0.39, 0.29) is 10.6 Å². The molecule has 1 amide bonds. The molecule has 1 aliphatic heterocycles. The number of anilines is 1. The van der Waals surface area contributed by atoms with Crippen molar-refractivity contribution < 1.29 is 17.9 Å². The number of hydrogen-bond donors (Lipinski definition) is 1. The number of aromatic nitrogens is 4. The number of sulfonamides is 1. The molecule has 1 aromatic heterocycles. The van der Waals surface area contributed by atoms with Crippen molar-refractivity contribution in [2.75, 3.05) is 25.5 Å². The van der Waals surface area contributed by atoms with Gasteiger partial charge in [0.1, 0.15) is 12.1 Å². The number of hydrogen-bond acceptors (Lipinski definition) is 7. The summed E-state index contributed by atoms with van der Waals surface area (Å²) in [6, 6.07) is 11.2. The van der Waals surface area contributed by atoms with Crippen molar-refractivity contribution in [3.63, 3.8) is 0 Å². The summed E-state index contributed by atoms with van der Waals surface area (Å²) in [5, 5.41) is 13.7. The lowest BCUT2D eigenvalue weighted by Crippen LogP contribution is -2.35. The third-order valence-electron chi connectivity index (χ3n) is 5.09. The van der Waals surface area contributed by atoms with E-state index in [4.69, 9.17) is 4.74 Å². The fourth-order valence-corrected chi connectivity index (χ4v) is 5.01. The highest BCUT2D eigenvalue weighted by molar-refractivity contribution is 7.89. The third kappa shape index (κ3) is 4.42. The SMILES string of the molecule is COc1ccc(S(=O)(=O)N2CCCCC2)cc1NC(=O)c1cccc(-n2cnnn2)c1. The second-order valence-electron chi connectivity index (χ2n) is 7.09. The van der Waals surface area contributed by atoms with Gasteiger partial charge in [0.05, 0.1) is 23.4 Å². The Hall–Kier alpha value is -3.31. The number of amides is 1. The summed E-state index contributed by atoms with van der Waals surface area (Å²) in [7, 11) is -2.18. The van der Waals surface area contributed by atoms with Gasteiger partial charge in [0.25, 0.3) is 5.91 Å². The van der Waals surface area contributed by atoms with Crippen LogP contribution in [0.2, 0.25) is 0 Å². The van der Waals surface area contributed by atoms with Crippen molar-refractivity contribution in [2.24, 2.45) is 0 Å². The number of piperidine rings is 1. The number of rotatable bonds is 6. The van der Waals surface area contributed by atoms with Crippen molar-refractivity contribution in [3.05, 3.63) is 54.4 Å². The topological polar surface area (TPSA) is 119 Å². The Morgan fingerprint density at radius 3 is 2.61 bits per heavy atom. The number of methoxy groups -OCH3 is 1. The van der Waals surface area contributed by atoms with E-state index in [1.165, 1.54) is 34.6 Å². The zero-order valence-electron chi connectivity index (χ0n) is 16.9. The van der Waals surface area contributed by atoms with Gasteiger partial charge < -0.3 is 10.1 Å². The highest BCUT2D eigenvalue weighted by atomic mass is 32.2. The van der Waals surface area contributed by atoms with Crippen LogP contribution in [-0.2, 0) is 10.0 Å².